The molecular formula is C12H17FN2O2S. The minimum absolute atomic E-state index is 0.0579. The van der Waals surface area contributed by atoms with Crippen LogP contribution >= 0.6 is 0 Å². The van der Waals surface area contributed by atoms with Gasteiger partial charge in [0.2, 0.25) is 10.0 Å². The molecule has 1 saturated carbocycles. The predicted molar refractivity (Wildman–Crippen MR) is 67.9 cm³/mol. The van der Waals surface area contributed by atoms with Gasteiger partial charge in [-0.05, 0) is 37.5 Å². The van der Waals surface area contributed by atoms with Crippen LogP contribution in [-0.2, 0) is 10.0 Å². The van der Waals surface area contributed by atoms with E-state index in [4.69, 9.17) is 5.73 Å². The van der Waals surface area contributed by atoms with Crippen LogP contribution in [0.25, 0.3) is 0 Å². The van der Waals surface area contributed by atoms with Crippen molar-refractivity contribution in [1.82, 2.24) is 4.72 Å². The Morgan fingerprint density at radius 2 is 2.17 bits per heavy atom. The molecule has 1 aromatic rings. The van der Waals surface area contributed by atoms with Crippen molar-refractivity contribution in [1.29, 1.82) is 0 Å². The fourth-order valence-electron chi connectivity index (χ4n) is 1.97. The molecular weight excluding hydrogens is 255 g/mol. The van der Waals surface area contributed by atoms with Crippen LogP contribution in [-0.4, -0.2) is 14.5 Å². The molecule has 1 aromatic carbocycles. The topological polar surface area (TPSA) is 72.2 Å². The number of rotatable bonds is 5. The molecule has 1 atom stereocenters. The Labute approximate surface area is 106 Å². The Hall–Kier alpha value is -1.14. The van der Waals surface area contributed by atoms with E-state index in [1.54, 1.807) is 0 Å². The summed E-state index contributed by atoms with van der Waals surface area (Å²) >= 11 is 0. The van der Waals surface area contributed by atoms with E-state index in [-0.39, 0.29) is 16.6 Å². The molecule has 18 heavy (non-hydrogen) atoms. The zero-order chi connectivity index (χ0) is 13.3. The van der Waals surface area contributed by atoms with Crippen LogP contribution in [0.4, 0.5) is 10.1 Å². The van der Waals surface area contributed by atoms with Crippen molar-refractivity contribution in [3.8, 4) is 0 Å². The van der Waals surface area contributed by atoms with Crippen molar-refractivity contribution in [2.24, 2.45) is 5.92 Å². The second kappa shape index (κ2) is 4.85. The van der Waals surface area contributed by atoms with Crippen molar-refractivity contribution in [3.05, 3.63) is 24.0 Å². The maximum atomic E-state index is 13.1. The second-order valence-corrected chi connectivity index (χ2v) is 6.57. The number of nitrogen functional groups attached to an aromatic ring is 1. The van der Waals surface area contributed by atoms with Crippen molar-refractivity contribution >= 4 is 15.7 Å². The molecule has 0 bridgehead atoms. The molecule has 1 fully saturated rings. The second-order valence-electron chi connectivity index (χ2n) is 4.88. The number of halogens is 1. The summed E-state index contributed by atoms with van der Waals surface area (Å²) in [6.07, 6.45) is 3.14. The summed E-state index contributed by atoms with van der Waals surface area (Å²) < 4.78 is 39.7. The van der Waals surface area contributed by atoms with Crippen LogP contribution in [0.15, 0.2) is 23.1 Å². The minimum atomic E-state index is -3.75. The summed E-state index contributed by atoms with van der Waals surface area (Å²) in [6, 6.07) is 3.18. The predicted octanol–water partition coefficient (Wildman–Crippen LogP) is 1.87. The van der Waals surface area contributed by atoms with Crippen LogP contribution in [0.1, 0.15) is 26.2 Å². The van der Waals surface area contributed by atoms with Gasteiger partial charge in [0.15, 0.2) is 0 Å². The molecule has 0 aromatic heterocycles. The van der Waals surface area contributed by atoms with E-state index in [9.17, 15) is 12.8 Å². The molecule has 3 N–H and O–H groups in total. The van der Waals surface area contributed by atoms with Crippen LogP contribution in [0.2, 0.25) is 0 Å². The van der Waals surface area contributed by atoms with E-state index in [0.29, 0.717) is 5.92 Å². The highest BCUT2D eigenvalue weighted by Gasteiger charge is 2.27. The van der Waals surface area contributed by atoms with Gasteiger partial charge in [-0.15, -0.1) is 0 Å². The van der Waals surface area contributed by atoms with E-state index in [0.717, 1.165) is 31.4 Å². The van der Waals surface area contributed by atoms with Gasteiger partial charge in [-0.3, -0.25) is 0 Å². The number of benzene rings is 1. The highest BCUT2D eigenvalue weighted by molar-refractivity contribution is 7.89. The average Bonchev–Trinajstić information content (AvgIpc) is 3.04. The molecule has 1 aliphatic carbocycles. The number of nitrogens with two attached hydrogens (primary N) is 1. The third-order valence-corrected chi connectivity index (χ3v) is 4.65. The van der Waals surface area contributed by atoms with Gasteiger partial charge in [0.1, 0.15) is 10.7 Å². The van der Waals surface area contributed by atoms with E-state index < -0.39 is 15.8 Å². The summed E-state index contributed by atoms with van der Waals surface area (Å²) in [5.74, 6) is 0.00646. The number of nitrogens with one attached hydrogen (secondary N) is 1. The van der Waals surface area contributed by atoms with Crippen molar-refractivity contribution in [2.75, 3.05) is 5.73 Å². The maximum Gasteiger partial charge on any atom is 0.242 e. The van der Waals surface area contributed by atoms with Crippen LogP contribution in [0.5, 0.6) is 0 Å². The highest BCUT2D eigenvalue weighted by atomic mass is 32.2. The van der Waals surface area contributed by atoms with Gasteiger partial charge in [-0.2, -0.15) is 0 Å². The number of anilines is 1. The third-order valence-electron chi connectivity index (χ3n) is 3.01. The lowest BCUT2D eigenvalue weighted by molar-refractivity contribution is 0.529. The molecule has 0 heterocycles. The summed E-state index contributed by atoms with van der Waals surface area (Å²) in [6.45, 7) is 1.81. The van der Waals surface area contributed by atoms with Gasteiger partial charge in [0.05, 0.1) is 5.69 Å². The molecule has 0 aliphatic heterocycles. The van der Waals surface area contributed by atoms with Crippen molar-refractivity contribution < 1.29 is 12.8 Å². The monoisotopic (exact) mass is 272 g/mol. The Morgan fingerprint density at radius 3 is 2.78 bits per heavy atom. The lowest BCUT2D eigenvalue weighted by atomic mass is 10.2. The number of hydrogen-bond donors (Lipinski definition) is 2. The van der Waals surface area contributed by atoms with Gasteiger partial charge >= 0.3 is 0 Å². The molecule has 100 valence electrons. The largest absolute Gasteiger partial charge is 0.398 e. The first kappa shape index (κ1) is 13.3. The first-order valence-electron chi connectivity index (χ1n) is 5.96. The minimum Gasteiger partial charge on any atom is -0.398 e. The Balaban J connectivity index is 2.16. The Kier molecular flexibility index (Phi) is 3.59. The van der Waals surface area contributed by atoms with Crippen molar-refractivity contribution in [3.63, 3.8) is 0 Å². The third kappa shape index (κ3) is 3.20. The zero-order valence-electron chi connectivity index (χ0n) is 10.2. The molecule has 1 unspecified atom stereocenters. The van der Waals surface area contributed by atoms with Gasteiger partial charge in [0, 0.05) is 6.04 Å². The quantitative estimate of drug-likeness (QED) is 0.804. The first-order chi connectivity index (χ1) is 8.38. The average molecular weight is 272 g/mol. The summed E-state index contributed by atoms with van der Waals surface area (Å²) in [4.78, 5) is -0.190. The molecule has 0 saturated heterocycles. The SMILES string of the molecule is CC(CC1CC1)NS(=O)(=O)c1cc(F)ccc1N. The van der Waals surface area contributed by atoms with E-state index in [1.807, 2.05) is 6.92 Å². The molecule has 0 amide bonds. The van der Waals surface area contributed by atoms with Crippen LogP contribution < -0.4 is 10.5 Å². The Morgan fingerprint density at radius 1 is 1.50 bits per heavy atom. The van der Waals surface area contributed by atoms with Crippen LogP contribution in [0.3, 0.4) is 0 Å². The highest BCUT2D eigenvalue weighted by Crippen LogP contribution is 2.33. The van der Waals surface area contributed by atoms with E-state index in [2.05, 4.69) is 4.72 Å². The van der Waals surface area contributed by atoms with Crippen molar-refractivity contribution in [2.45, 2.75) is 37.1 Å². The fraction of sp³-hybridized carbons (Fsp3) is 0.500. The molecule has 4 nitrogen and oxygen atoms in total. The molecule has 1 aliphatic rings. The summed E-state index contributed by atoms with van der Waals surface area (Å²) in [7, 11) is -3.75. The zero-order valence-corrected chi connectivity index (χ0v) is 11.0. The molecule has 2 rings (SSSR count). The molecule has 6 heteroatoms. The lowest BCUT2D eigenvalue weighted by Crippen LogP contribution is -2.33. The standard InChI is InChI=1S/C12H17FN2O2S/c1-8(6-9-2-3-9)15-18(16,17)12-7-10(13)4-5-11(12)14/h4-5,7-9,15H,2-3,6,14H2,1H3. The summed E-state index contributed by atoms with van der Waals surface area (Å²) in [5.41, 5.74) is 5.64. The summed E-state index contributed by atoms with van der Waals surface area (Å²) in [5, 5.41) is 0. The first-order valence-corrected chi connectivity index (χ1v) is 7.44. The molecule has 0 radical (unpaired) electrons. The smallest absolute Gasteiger partial charge is 0.242 e. The maximum absolute atomic E-state index is 13.1. The van der Waals surface area contributed by atoms with Gasteiger partial charge in [-0.25, -0.2) is 17.5 Å². The normalized spacial score (nSPS) is 17.7. The van der Waals surface area contributed by atoms with Gasteiger partial charge < -0.3 is 5.73 Å². The van der Waals surface area contributed by atoms with E-state index >= 15 is 0 Å². The number of sulfonamides is 1. The van der Waals surface area contributed by atoms with E-state index in [1.165, 1.54) is 6.07 Å². The number of hydrogen-bond acceptors (Lipinski definition) is 3. The Bertz CT molecular complexity index is 541. The fourth-order valence-corrected chi connectivity index (χ4v) is 3.37. The lowest BCUT2D eigenvalue weighted by Gasteiger charge is -2.15. The van der Waals surface area contributed by atoms with Gasteiger partial charge in [-0.1, -0.05) is 12.8 Å². The van der Waals surface area contributed by atoms with Gasteiger partial charge in [0.25, 0.3) is 0 Å². The van der Waals surface area contributed by atoms with Crippen LogP contribution in [0, 0.1) is 11.7 Å². The molecule has 0 spiro atoms.